The Morgan fingerprint density at radius 3 is 3.00 bits per heavy atom. The summed E-state index contributed by atoms with van der Waals surface area (Å²) in [6.07, 6.45) is 10.7. The highest BCUT2D eigenvalue weighted by Crippen LogP contribution is 2.57. The molecule has 0 saturated heterocycles. The van der Waals surface area contributed by atoms with Gasteiger partial charge in [-0.05, 0) is 62.2 Å². The third-order valence-electron chi connectivity index (χ3n) is 4.99. The number of allylic oxidation sites excluding steroid dienone is 3. The fraction of sp³-hybridized carbons (Fsp3) is 0.733. The van der Waals surface area contributed by atoms with Gasteiger partial charge in [-0.25, -0.2) is 0 Å². The van der Waals surface area contributed by atoms with E-state index in [-0.39, 0.29) is 0 Å². The molecule has 0 amide bonds. The van der Waals surface area contributed by atoms with Crippen LogP contribution in [0, 0.1) is 23.7 Å². The molecule has 0 aromatic heterocycles. The van der Waals surface area contributed by atoms with Gasteiger partial charge in [0, 0.05) is 0 Å². The molecule has 3 rings (SSSR count). The molecule has 15 heavy (non-hydrogen) atoms. The average molecular weight is 202 g/mol. The first-order chi connectivity index (χ1) is 7.29. The molecule has 0 aromatic rings. The van der Waals surface area contributed by atoms with Crippen molar-refractivity contribution >= 4 is 0 Å². The van der Waals surface area contributed by atoms with Gasteiger partial charge in [0.15, 0.2) is 0 Å². The van der Waals surface area contributed by atoms with Crippen LogP contribution in [0.4, 0.5) is 0 Å². The second kappa shape index (κ2) is 3.50. The van der Waals surface area contributed by atoms with Crippen LogP contribution in [-0.4, -0.2) is 0 Å². The minimum Gasteiger partial charge on any atom is -0.103 e. The van der Waals surface area contributed by atoms with Crippen molar-refractivity contribution in [3.63, 3.8) is 0 Å². The number of fused-ring (bicyclic) bond motifs is 4. The molecule has 3 aliphatic rings. The van der Waals surface area contributed by atoms with Crippen LogP contribution < -0.4 is 0 Å². The standard InChI is InChI=1S/C15H22/c1-3-4-11-8-12-9-15(11)13-6-5-10(2)7-14(12)13/h3,10-12,15H,1,4-9H2,2H3. The average Bonchev–Trinajstić information content (AvgIpc) is 2.76. The second-order valence-electron chi connectivity index (χ2n) is 5.96. The van der Waals surface area contributed by atoms with Crippen LogP contribution in [0.15, 0.2) is 23.8 Å². The van der Waals surface area contributed by atoms with E-state index >= 15 is 0 Å². The van der Waals surface area contributed by atoms with Crippen molar-refractivity contribution in [1.82, 2.24) is 0 Å². The van der Waals surface area contributed by atoms with Gasteiger partial charge in [-0.2, -0.15) is 0 Å². The lowest BCUT2D eigenvalue weighted by Gasteiger charge is -2.32. The maximum Gasteiger partial charge on any atom is -0.0163 e. The summed E-state index contributed by atoms with van der Waals surface area (Å²) in [5.74, 6) is 3.87. The predicted molar refractivity (Wildman–Crippen MR) is 64.6 cm³/mol. The lowest BCUT2D eigenvalue weighted by molar-refractivity contribution is 0.375. The maximum absolute atomic E-state index is 3.91. The van der Waals surface area contributed by atoms with Gasteiger partial charge in [0.2, 0.25) is 0 Å². The van der Waals surface area contributed by atoms with E-state index < -0.39 is 0 Å². The van der Waals surface area contributed by atoms with E-state index in [2.05, 4.69) is 19.6 Å². The van der Waals surface area contributed by atoms with Crippen molar-refractivity contribution < 1.29 is 0 Å². The lowest BCUT2D eigenvalue weighted by Crippen LogP contribution is -2.19. The van der Waals surface area contributed by atoms with E-state index in [1.54, 1.807) is 0 Å². The van der Waals surface area contributed by atoms with Crippen LogP contribution >= 0.6 is 0 Å². The normalized spacial score (nSPS) is 43.3. The molecule has 4 unspecified atom stereocenters. The van der Waals surface area contributed by atoms with Gasteiger partial charge in [0.25, 0.3) is 0 Å². The van der Waals surface area contributed by atoms with Crippen molar-refractivity contribution in [3.8, 4) is 0 Å². The Balaban J connectivity index is 1.84. The van der Waals surface area contributed by atoms with E-state index in [1.165, 1.54) is 38.5 Å². The van der Waals surface area contributed by atoms with Gasteiger partial charge in [-0.15, -0.1) is 6.58 Å². The smallest absolute Gasteiger partial charge is 0.0163 e. The van der Waals surface area contributed by atoms with Crippen LogP contribution in [-0.2, 0) is 0 Å². The maximum atomic E-state index is 3.91. The Morgan fingerprint density at radius 2 is 2.20 bits per heavy atom. The van der Waals surface area contributed by atoms with E-state index in [4.69, 9.17) is 0 Å². The summed E-state index contributed by atoms with van der Waals surface area (Å²) in [5, 5.41) is 0. The summed E-state index contributed by atoms with van der Waals surface area (Å²) in [6.45, 7) is 6.34. The largest absolute Gasteiger partial charge is 0.103 e. The zero-order chi connectivity index (χ0) is 10.4. The monoisotopic (exact) mass is 202 g/mol. The molecule has 0 heterocycles. The van der Waals surface area contributed by atoms with Gasteiger partial charge in [0.05, 0.1) is 0 Å². The topological polar surface area (TPSA) is 0 Å². The highest BCUT2D eigenvalue weighted by atomic mass is 14.5. The first kappa shape index (κ1) is 9.69. The quantitative estimate of drug-likeness (QED) is 0.584. The molecule has 1 saturated carbocycles. The number of hydrogen-bond donors (Lipinski definition) is 0. The summed E-state index contributed by atoms with van der Waals surface area (Å²) >= 11 is 0. The van der Waals surface area contributed by atoms with E-state index in [0.29, 0.717) is 0 Å². The van der Waals surface area contributed by atoms with E-state index in [1.807, 2.05) is 11.1 Å². The third-order valence-corrected chi connectivity index (χ3v) is 4.99. The predicted octanol–water partition coefficient (Wildman–Crippen LogP) is 4.34. The molecule has 1 fully saturated rings. The van der Waals surface area contributed by atoms with Crippen LogP contribution in [0.1, 0.15) is 45.4 Å². The molecule has 2 bridgehead atoms. The molecule has 3 aliphatic carbocycles. The van der Waals surface area contributed by atoms with Crippen LogP contribution in [0.5, 0.6) is 0 Å². The van der Waals surface area contributed by atoms with Crippen molar-refractivity contribution in [1.29, 1.82) is 0 Å². The Kier molecular flexibility index (Phi) is 2.26. The molecule has 0 heteroatoms. The van der Waals surface area contributed by atoms with Gasteiger partial charge in [0.1, 0.15) is 0 Å². The summed E-state index contributed by atoms with van der Waals surface area (Å²) in [4.78, 5) is 0. The molecule has 82 valence electrons. The molecular weight excluding hydrogens is 180 g/mol. The zero-order valence-electron chi connectivity index (χ0n) is 9.84. The zero-order valence-corrected chi connectivity index (χ0v) is 9.84. The van der Waals surface area contributed by atoms with Gasteiger partial charge >= 0.3 is 0 Å². The van der Waals surface area contributed by atoms with Crippen molar-refractivity contribution in [3.05, 3.63) is 23.8 Å². The minimum atomic E-state index is 0.958. The van der Waals surface area contributed by atoms with Gasteiger partial charge in [-0.1, -0.05) is 24.1 Å². The molecule has 0 aromatic carbocycles. The highest BCUT2D eigenvalue weighted by Gasteiger charge is 2.45. The fourth-order valence-electron chi connectivity index (χ4n) is 4.33. The first-order valence-corrected chi connectivity index (χ1v) is 6.62. The molecule has 0 aliphatic heterocycles. The molecule has 0 spiro atoms. The SMILES string of the molecule is C=CCC1CC2CC1C1=C2CC(C)CC1. The lowest BCUT2D eigenvalue weighted by atomic mass is 9.74. The number of rotatable bonds is 2. The Bertz CT molecular complexity index is 310. The van der Waals surface area contributed by atoms with Crippen molar-refractivity contribution in [2.75, 3.05) is 0 Å². The van der Waals surface area contributed by atoms with Crippen LogP contribution in [0.3, 0.4) is 0 Å². The summed E-state index contributed by atoms with van der Waals surface area (Å²) in [7, 11) is 0. The summed E-state index contributed by atoms with van der Waals surface area (Å²) < 4.78 is 0. The summed E-state index contributed by atoms with van der Waals surface area (Å²) in [5.41, 5.74) is 3.80. The fourth-order valence-corrected chi connectivity index (χ4v) is 4.33. The first-order valence-electron chi connectivity index (χ1n) is 6.62. The molecule has 0 N–H and O–H groups in total. The summed E-state index contributed by atoms with van der Waals surface area (Å²) in [6, 6.07) is 0. The molecule has 4 atom stereocenters. The van der Waals surface area contributed by atoms with Gasteiger partial charge in [-0.3, -0.25) is 0 Å². The van der Waals surface area contributed by atoms with E-state index in [0.717, 1.165) is 23.7 Å². The van der Waals surface area contributed by atoms with E-state index in [9.17, 15) is 0 Å². The van der Waals surface area contributed by atoms with Crippen LogP contribution in [0.2, 0.25) is 0 Å². The third kappa shape index (κ3) is 1.41. The Labute approximate surface area is 93.5 Å². The van der Waals surface area contributed by atoms with Crippen LogP contribution in [0.25, 0.3) is 0 Å². The highest BCUT2D eigenvalue weighted by molar-refractivity contribution is 5.32. The second-order valence-corrected chi connectivity index (χ2v) is 5.96. The number of hydrogen-bond acceptors (Lipinski definition) is 0. The van der Waals surface area contributed by atoms with Gasteiger partial charge < -0.3 is 0 Å². The Hall–Kier alpha value is -0.520. The minimum absolute atomic E-state index is 0.958. The molecule has 0 nitrogen and oxygen atoms in total. The molecule has 0 radical (unpaired) electrons. The van der Waals surface area contributed by atoms with Crippen molar-refractivity contribution in [2.45, 2.75) is 45.4 Å². The Morgan fingerprint density at radius 1 is 1.33 bits per heavy atom. The molecular formula is C15H22. The van der Waals surface area contributed by atoms with Crippen molar-refractivity contribution in [2.24, 2.45) is 23.7 Å².